The molecule has 6 heteroatoms. The van der Waals surface area contributed by atoms with Gasteiger partial charge in [0.25, 0.3) is 5.56 Å². The molecule has 1 amide bonds. The van der Waals surface area contributed by atoms with Gasteiger partial charge in [0.1, 0.15) is 0 Å². The van der Waals surface area contributed by atoms with Gasteiger partial charge in [0.2, 0.25) is 5.91 Å². The van der Waals surface area contributed by atoms with E-state index in [1.807, 2.05) is 17.0 Å². The summed E-state index contributed by atoms with van der Waals surface area (Å²) in [5.74, 6) is 0.124. The molecule has 0 N–H and O–H groups in total. The zero-order valence-electron chi connectivity index (χ0n) is 13.2. The fraction of sp³-hybridized carbons (Fsp3) is 0.471. The van der Waals surface area contributed by atoms with Crippen molar-refractivity contribution in [2.24, 2.45) is 0 Å². The van der Waals surface area contributed by atoms with Crippen molar-refractivity contribution in [3.05, 3.63) is 39.4 Å². The highest BCUT2D eigenvalue weighted by atomic mass is 79.9. The molecule has 0 radical (unpaired) electrons. The third kappa shape index (κ3) is 3.47. The van der Waals surface area contributed by atoms with E-state index in [1.165, 1.54) is 17.3 Å². The van der Waals surface area contributed by atoms with Crippen molar-refractivity contribution in [2.75, 3.05) is 6.54 Å². The number of halogens is 1. The van der Waals surface area contributed by atoms with Crippen LogP contribution in [0.15, 0.2) is 33.8 Å². The van der Waals surface area contributed by atoms with Crippen LogP contribution in [0, 0.1) is 0 Å². The zero-order valence-corrected chi connectivity index (χ0v) is 14.8. The molecule has 1 atom stereocenters. The average Bonchev–Trinajstić information content (AvgIpc) is 2.55. The van der Waals surface area contributed by atoms with Crippen LogP contribution in [0.2, 0.25) is 0 Å². The largest absolute Gasteiger partial charge is 0.340 e. The molecule has 0 spiro atoms. The fourth-order valence-corrected chi connectivity index (χ4v) is 3.48. The molecule has 0 saturated carbocycles. The number of nitrogens with zero attached hydrogens (tertiary/aromatic N) is 3. The number of aryl methyl sites for hydroxylation is 1. The smallest absolute Gasteiger partial charge is 0.261 e. The molecule has 1 aliphatic heterocycles. The first-order chi connectivity index (χ1) is 11.1. The first kappa shape index (κ1) is 16.2. The van der Waals surface area contributed by atoms with Crippen molar-refractivity contribution in [3.8, 4) is 0 Å². The van der Waals surface area contributed by atoms with Crippen LogP contribution in [0.25, 0.3) is 10.9 Å². The third-order valence-electron chi connectivity index (χ3n) is 4.48. The molecule has 1 saturated heterocycles. The Morgan fingerprint density at radius 3 is 3.00 bits per heavy atom. The zero-order chi connectivity index (χ0) is 16.4. The van der Waals surface area contributed by atoms with Gasteiger partial charge in [-0.3, -0.25) is 14.2 Å². The number of carbonyl (C=O) groups is 1. The summed E-state index contributed by atoms with van der Waals surface area (Å²) in [5, 5.41) is 0.570. The molecule has 1 fully saturated rings. The molecular weight excluding hydrogens is 358 g/mol. The number of carbonyl (C=O) groups excluding carboxylic acids is 1. The molecule has 1 aromatic carbocycles. The van der Waals surface area contributed by atoms with Crippen LogP contribution < -0.4 is 5.56 Å². The summed E-state index contributed by atoms with van der Waals surface area (Å²) < 4.78 is 2.38. The minimum atomic E-state index is -0.101. The fourth-order valence-electron chi connectivity index (χ4n) is 3.12. The molecule has 0 bridgehead atoms. The monoisotopic (exact) mass is 377 g/mol. The molecule has 2 heterocycles. The van der Waals surface area contributed by atoms with Crippen molar-refractivity contribution in [1.29, 1.82) is 0 Å². The van der Waals surface area contributed by atoms with Crippen LogP contribution in [-0.2, 0) is 11.3 Å². The summed E-state index contributed by atoms with van der Waals surface area (Å²) in [6, 6.07) is 5.75. The molecule has 23 heavy (non-hydrogen) atoms. The first-order valence-electron chi connectivity index (χ1n) is 8.00. The van der Waals surface area contributed by atoms with E-state index in [9.17, 15) is 9.59 Å². The van der Waals surface area contributed by atoms with Gasteiger partial charge in [0.05, 0.1) is 17.2 Å². The maximum Gasteiger partial charge on any atom is 0.261 e. The summed E-state index contributed by atoms with van der Waals surface area (Å²) in [5.41, 5.74) is 0.571. The molecule has 5 nitrogen and oxygen atoms in total. The van der Waals surface area contributed by atoms with Gasteiger partial charge in [0.15, 0.2) is 0 Å². The molecule has 1 aromatic heterocycles. The highest BCUT2D eigenvalue weighted by Gasteiger charge is 2.22. The van der Waals surface area contributed by atoms with Gasteiger partial charge in [-0.2, -0.15) is 0 Å². The number of hydrogen-bond donors (Lipinski definition) is 0. The normalized spacial score (nSPS) is 18.3. The summed E-state index contributed by atoms with van der Waals surface area (Å²) in [7, 11) is 0. The van der Waals surface area contributed by atoms with Gasteiger partial charge in [-0.1, -0.05) is 15.9 Å². The quantitative estimate of drug-likeness (QED) is 0.825. The number of aromatic nitrogens is 2. The Morgan fingerprint density at radius 2 is 2.22 bits per heavy atom. The van der Waals surface area contributed by atoms with Crippen molar-refractivity contribution in [2.45, 2.75) is 45.2 Å². The summed E-state index contributed by atoms with van der Waals surface area (Å²) in [6.07, 6.45) is 5.20. The first-order valence-corrected chi connectivity index (χ1v) is 8.80. The molecule has 3 rings (SSSR count). The molecular formula is C17H20BrN3O2. The number of fused-ring (bicyclic) bond motifs is 1. The summed E-state index contributed by atoms with van der Waals surface area (Å²) in [4.78, 5) is 31.2. The van der Waals surface area contributed by atoms with E-state index >= 15 is 0 Å². The maximum atomic E-state index is 12.5. The Labute approximate surface area is 143 Å². The lowest BCUT2D eigenvalue weighted by Gasteiger charge is -2.33. The topological polar surface area (TPSA) is 55.2 Å². The highest BCUT2D eigenvalue weighted by molar-refractivity contribution is 9.10. The van der Waals surface area contributed by atoms with Crippen molar-refractivity contribution < 1.29 is 4.79 Å². The van der Waals surface area contributed by atoms with E-state index in [0.717, 1.165) is 23.9 Å². The van der Waals surface area contributed by atoms with E-state index in [-0.39, 0.29) is 11.5 Å². The number of piperidine rings is 1. The number of hydrogen-bond acceptors (Lipinski definition) is 3. The van der Waals surface area contributed by atoms with Crippen LogP contribution >= 0.6 is 15.9 Å². The van der Waals surface area contributed by atoms with Gasteiger partial charge >= 0.3 is 0 Å². The minimum absolute atomic E-state index is 0.101. The Balaban J connectivity index is 1.75. The Kier molecular flexibility index (Phi) is 4.80. The van der Waals surface area contributed by atoms with Gasteiger partial charge in [-0.05, 0) is 44.4 Å². The van der Waals surface area contributed by atoms with E-state index in [4.69, 9.17) is 0 Å². The van der Waals surface area contributed by atoms with E-state index in [0.29, 0.717) is 29.9 Å². The van der Waals surface area contributed by atoms with Gasteiger partial charge in [-0.25, -0.2) is 4.98 Å². The van der Waals surface area contributed by atoms with Gasteiger partial charge < -0.3 is 4.90 Å². The maximum absolute atomic E-state index is 12.5. The van der Waals surface area contributed by atoms with Crippen LogP contribution in [0.1, 0.15) is 32.6 Å². The van der Waals surface area contributed by atoms with Crippen LogP contribution in [0.4, 0.5) is 0 Å². The van der Waals surface area contributed by atoms with Gasteiger partial charge in [0, 0.05) is 30.0 Å². The molecule has 2 aromatic rings. The highest BCUT2D eigenvalue weighted by Crippen LogP contribution is 2.18. The lowest BCUT2D eigenvalue weighted by atomic mass is 10.0. The third-order valence-corrected chi connectivity index (χ3v) is 4.97. The van der Waals surface area contributed by atoms with Gasteiger partial charge in [-0.15, -0.1) is 0 Å². The second kappa shape index (κ2) is 6.83. The number of rotatable bonds is 3. The molecule has 0 aliphatic carbocycles. The summed E-state index contributed by atoms with van der Waals surface area (Å²) in [6.45, 7) is 3.30. The molecule has 1 aliphatic rings. The van der Waals surface area contributed by atoms with E-state index in [1.54, 1.807) is 6.07 Å². The molecule has 0 unspecified atom stereocenters. The predicted octanol–water partition coefficient (Wildman–Crippen LogP) is 2.95. The Bertz CT molecular complexity index is 787. The number of likely N-dealkylation sites (tertiary alicyclic amines) is 1. The van der Waals surface area contributed by atoms with E-state index in [2.05, 4.69) is 27.8 Å². The standard InChI is InChI=1S/C17H20BrN3O2/c1-12-4-2-3-8-21(12)16(22)7-9-20-11-19-15-6-5-13(18)10-14(15)17(20)23/h5-6,10-12H,2-4,7-9H2,1H3/t12-/m0/s1. The lowest BCUT2D eigenvalue weighted by Crippen LogP contribution is -2.42. The van der Waals surface area contributed by atoms with Crippen LogP contribution in [0.5, 0.6) is 0 Å². The van der Waals surface area contributed by atoms with Crippen molar-refractivity contribution in [1.82, 2.24) is 14.5 Å². The SMILES string of the molecule is C[C@H]1CCCCN1C(=O)CCn1cnc2ccc(Br)cc2c1=O. The molecule has 122 valence electrons. The summed E-state index contributed by atoms with van der Waals surface area (Å²) >= 11 is 3.38. The van der Waals surface area contributed by atoms with Crippen LogP contribution in [0.3, 0.4) is 0 Å². The Hall–Kier alpha value is -1.69. The second-order valence-corrected chi connectivity index (χ2v) is 7.00. The van der Waals surface area contributed by atoms with Crippen molar-refractivity contribution >= 4 is 32.7 Å². The van der Waals surface area contributed by atoms with Crippen molar-refractivity contribution in [3.63, 3.8) is 0 Å². The Morgan fingerprint density at radius 1 is 1.39 bits per heavy atom. The van der Waals surface area contributed by atoms with E-state index < -0.39 is 0 Å². The number of amides is 1. The number of benzene rings is 1. The lowest BCUT2D eigenvalue weighted by molar-refractivity contribution is -0.134. The average molecular weight is 378 g/mol. The predicted molar refractivity (Wildman–Crippen MR) is 93.3 cm³/mol. The van der Waals surface area contributed by atoms with Crippen LogP contribution in [-0.4, -0.2) is 32.9 Å². The second-order valence-electron chi connectivity index (χ2n) is 6.09. The minimum Gasteiger partial charge on any atom is -0.340 e.